The highest BCUT2D eigenvalue weighted by molar-refractivity contribution is 6.62. The summed E-state index contributed by atoms with van der Waals surface area (Å²) in [5.74, 6) is 0.242. The third-order valence-corrected chi connectivity index (χ3v) is 5.97. The van der Waals surface area contributed by atoms with E-state index < -0.39 is 29.9 Å². The number of benzene rings is 1. The van der Waals surface area contributed by atoms with E-state index in [1.807, 2.05) is 54.5 Å². The smallest absolute Gasteiger partial charge is 0.493 e. The topological polar surface area (TPSA) is 83.5 Å². The van der Waals surface area contributed by atoms with E-state index in [-0.39, 0.29) is 12.0 Å². The van der Waals surface area contributed by atoms with Gasteiger partial charge in [0.2, 0.25) is 0 Å². The lowest BCUT2D eigenvalue weighted by Crippen LogP contribution is -2.53. The van der Waals surface area contributed by atoms with Crippen molar-refractivity contribution in [2.24, 2.45) is 5.92 Å². The Morgan fingerprint density at radius 2 is 1.69 bits per heavy atom. The Labute approximate surface area is 190 Å². The number of carbonyl (C=O) groups is 2. The molecule has 0 saturated carbocycles. The van der Waals surface area contributed by atoms with Gasteiger partial charge in [0.05, 0.1) is 30.5 Å². The minimum Gasteiger partial charge on any atom is -0.493 e. The molecule has 2 saturated heterocycles. The summed E-state index contributed by atoms with van der Waals surface area (Å²) in [5, 5.41) is 0. The molecule has 0 unspecified atom stereocenters. The second-order valence-corrected chi connectivity index (χ2v) is 10.4. The van der Waals surface area contributed by atoms with Gasteiger partial charge in [0.25, 0.3) is 0 Å². The van der Waals surface area contributed by atoms with Crippen LogP contribution in [0, 0.1) is 5.92 Å². The van der Waals surface area contributed by atoms with Gasteiger partial charge in [-0.2, -0.15) is 0 Å². The molecule has 176 valence electrons. The quantitative estimate of drug-likeness (QED) is 0.507. The summed E-state index contributed by atoms with van der Waals surface area (Å²) in [7, 11) is 0.711. The average molecular weight is 447 g/mol. The Morgan fingerprint density at radius 3 is 2.22 bits per heavy atom. The maximum atomic E-state index is 12.2. The Bertz CT molecular complexity index is 856. The van der Waals surface area contributed by atoms with Crippen LogP contribution in [0.1, 0.15) is 58.8 Å². The van der Waals surface area contributed by atoms with E-state index in [2.05, 4.69) is 0 Å². The highest BCUT2D eigenvalue weighted by atomic mass is 16.7. The Morgan fingerprint density at radius 1 is 1.09 bits per heavy atom. The summed E-state index contributed by atoms with van der Waals surface area (Å²) >= 11 is 0. The van der Waals surface area contributed by atoms with Gasteiger partial charge in [-0.1, -0.05) is 0 Å². The summed E-state index contributed by atoms with van der Waals surface area (Å²) in [6, 6.07) is 5.16. The van der Waals surface area contributed by atoms with Crippen LogP contribution in [0.3, 0.4) is 0 Å². The fourth-order valence-electron chi connectivity index (χ4n) is 3.42. The Balaban J connectivity index is 1.66. The van der Waals surface area contributed by atoms with Gasteiger partial charge in [0.1, 0.15) is 11.4 Å². The maximum absolute atomic E-state index is 12.2. The normalized spacial score (nSPS) is 20.0. The van der Waals surface area contributed by atoms with Crippen LogP contribution in [-0.2, 0) is 18.8 Å². The standard InChI is InChI=1S/C23H34BNO7/c1-21(2,3)30-20(27)25-12-15(13-25)14-29-18-10-16(19(26)28-8)9-17(11-18)24-31-22(4,5)23(6,7)32-24/h9-11,15H,12-14H2,1-8H3. The van der Waals surface area contributed by atoms with E-state index in [0.717, 1.165) is 0 Å². The molecule has 3 rings (SSSR count). The SMILES string of the molecule is COC(=O)c1cc(OCC2CN(C(=O)OC(C)(C)C)C2)cc(B2OC(C)(C)C(C)(C)O2)c1. The molecule has 0 aromatic heterocycles. The van der Waals surface area contributed by atoms with Gasteiger partial charge < -0.3 is 28.4 Å². The van der Waals surface area contributed by atoms with E-state index in [4.69, 9.17) is 23.5 Å². The molecule has 0 bridgehead atoms. The van der Waals surface area contributed by atoms with Gasteiger partial charge in [-0.3, -0.25) is 0 Å². The lowest BCUT2D eigenvalue weighted by Gasteiger charge is -2.39. The molecule has 2 heterocycles. The van der Waals surface area contributed by atoms with Crippen LogP contribution in [0.25, 0.3) is 0 Å². The first kappa shape index (κ1) is 24.4. The molecule has 0 N–H and O–H groups in total. The predicted octanol–water partition coefficient (Wildman–Crippen LogP) is 3.02. The molecular formula is C23H34BNO7. The first-order valence-corrected chi connectivity index (χ1v) is 10.9. The van der Waals surface area contributed by atoms with Crippen molar-refractivity contribution in [1.29, 1.82) is 0 Å². The minimum atomic E-state index is -0.627. The highest BCUT2D eigenvalue weighted by Gasteiger charge is 2.52. The van der Waals surface area contributed by atoms with Gasteiger partial charge in [0, 0.05) is 19.0 Å². The number of ether oxygens (including phenoxy) is 3. The third-order valence-electron chi connectivity index (χ3n) is 5.97. The van der Waals surface area contributed by atoms with Crippen LogP contribution >= 0.6 is 0 Å². The summed E-state index contributed by atoms with van der Waals surface area (Å²) in [5.41, 5.74) is -0.477. The summed E-state index contributed by atoms with van der Waals surface area (Å²) in [4.78, 5) is 26.0. The van der Waals surface area contributed by atoms with Crippen LogP contribution in [-0.4, -0.2) is 67.7 Å². The van der Waals surface area contributed by atoms with Crippen molar-refractivity contribution in [2.75, 3.05) is 26.8 Å². The lowest BCUT2D eigenvalue weighted by molar-refractivity contribution is -0.00784. The van der Waals surface area contributed by atoms with Crippen molar-refractivity contribution in [3.8, 4) is 5.75 Å². The molecule has 9 heteroatoms. The zero-order valence-electron chi connectivity index (χ0n) is 20.3. The molecule has 1 aromatic carbocycles. The molecule has 2 aliphatic heterocycles. The van der Waals surface area contributed by atoms with Gasteiger partial charge in [-0.25, -0.2) is 9.59 Å². The van der Waals surface area contributed by atoms with Crippen molar-refractivity contribution < 1.29 is 33.1 Å². The van der Waals surface area contributed by atoms with Crippen molar-refractivity contribution in [3.05, 3.63) is 23.8 Å². The van der Waals surface area contributed by atoms with Gasteiger partial charge in [0.15, 0.2) is 0 Å². The van der Waals surface area contributed by atoms with E-state index >= 15 is 0 Å². The highest BCUT2D eigenvalue weighted by Crippen LogP contribution is 2.36. The van der Waals surface area contributed by atoms with E-state index in [0.29, 0.717) is 36.5 Å². The Kier molecular flexibility index (Phi) is 6.55. The largest absolute Gasteiger partial charge is 0.494 e. The van der Waals surface area contributed by atoms with Crippen molar-refractivity contribution in [2.45, 2.75) is 65.3 Å². The molecule has 0 atom stereocenters. The van der Waals surface area contributed by atoms with Crippen LogP contribution in [0.2, 0.25) is 0 Å². The molecule has 8 nitrogen and oxygen atoms in total. The fourth-order valence-corrected chi connectivity index (χ4v) is 3.42. The fraction of sp³-hybridized carbons (Fsp3) is 0.652. The summed E-state index contributed by atoms with van der Waals surface area (Å²) in [6.07, 6.45) is -0.315. The molecule has 1 amide bonds. The molecule has 0 aliphatic carbocycles. The van der Waals surface area contributed by atoms with Gasteiger partial charge in [-0.15, -0.1) is 0 Å². The first-order chi connectivity index (χ1) is 14.7. The maximum Gasteiger partial charge on any atom is 0.494 e. The van der Waals surface area contributed by atoms with Crippen LogP contribution in [0.4, 0.5) is 4.79 Å². The van der Waals surface area contributed by atoms with E-state index in [9.17, 15) is 9.59 Å². The number of hydrogen-bond acceptors (Lipinski definition) is 7. The van der Waals surface area contributed by atoms with Crippen LogP contribution in [0.15, 0.2) is 18.2 Å². The number of rotatable bonds is 5. The monoisotopic (exact) mass is 447 g/mol. The Hall–Kier alpha value is -2.26. The number of nitrogens with zero attached hydrogens (tertiary/aromatic N) is 1. The van der Waals surface area contributed by atoms with Crippen molar-refractivity contribution in [1.82, 2.24) is 4.90 Å². The number of esters is 1. The second kappa shape index (κ2) is 8.59. The van der Waals surface area contributed by atoms with Crippen LogP contribution in [0.5, 0.6) is 5.75 Å². The zero-order valence-corrected chi connectivity index (χ0v) is 20.3. The lowest BCUT2D eigenvalue weighted by atomic mass is 9.78. The van der Waals surface area contributed by atoms with Crippen molar-refractivity contribution in [3.63, 3.8) is 0 Å². The molecule has 2 aliphatic rings. The zero-order chi connectivity index (χ0) is 23.9. The number of hydrogen-bond donors (Lipinski definition) is 0. The summed E-state index contributed by atoms with van der Waals surface area (Å²) in [6.45, 7) is 15.0. The minimum absolute atomic E-state index is 0.185. The van der Waals surface area contributed by atoms with E-state index in [1.165, 1.54) is 7.11 Å². The molecule has 0 radical (unpaired) electrons. The molecular weight excluding hydrogens is 413 g/mol. The number of methoxy groups -OCH3 is 1. The summed E-state index contributed by atoms with van der Waals surface area (Å²) < 4.78 is 28.5. The predicted molar refractivity (Wildman–Crippen MR) is 120 cm³/mol. The van der Waals surface area contributed by atoms with Crippen LogP contribution < -0.4 is 10.2 Å². The molecule has 32 heavy (non-hydrogen) atoms. The van der Waals surface area contributed by atoms with Gasteiger partial charge in [-0.05, 0) is 72.1 Å². The number of amides is 1. The van der Waals surface area contributed by atoms with E-state index in [1.54, 1.807) is 17.0 Å². The number of carbonyl (C=O) groups excluding carboxylic acids is 2. The molecule has 2 fully saturated rings. The third kappa shape index (κ3) is 5.38. The molecule has 0 spiro atoms. The van der Waals surface area contributed by atoms with Gasteiger partial charge >= 0.3 is 19.2 Å². The van der Waals surface area contributed by atoms with Crippen molar-refractivity contribution >= 4 is 24.6 Å². The second-order valence-electron chi connectivity index (χ2n) is 10.4. The average Bonchev–Trinajstić information content (AvgIpc) is 2.85. The number of likely N-dealkylation sites (tertiary alicyclic amines) is 1. The first-order valence-electron chi connectivity index (χ1n) is 10.9. The molecule has 1 aromatic rings.